The molecule has 2 aromatic carbocycles. The molecule has 0 saturated carbocycles. The highest BCUT2D eigenvalue weighted by Crippen LogP contribution is 2.46. The molecule has 1 atom stereocenters. The van der Waals surface area contributed by atoms with E-state index in [2.05, 4.69) is 39.2 Å². The summed E-state index contributed by atoms with van der Waals surface area (Å²) in [5.74, 6) is 1.67. The highest BCUT2D eigenvalue weighted by molar-refractivity contribution is 7.17. The van der Waals surface area contributed by atoms with Crippen LogP contribution in [0, 0.1) is 6.92 Å². The normalized spacial score (nSPS) is 16.2. The fraction of sp³-hybridized carbons (Fsp3) is 0.333. The van der Waals surface area contributed by atoms with Gasteiger partial charge in [0.2, 0.25) is 10.8 Å². The fourth-order valence-corrected chi connectivity index (χ4v) is 5.39. The monoisotopic (exact) mass is 394 g/mol. The van der Waals surface area contributed by atoms with Gasteiger partial charge in [0.1, 0.15) is 11.6 Å². The summed E-state index contributed by atoms with van der Waals surface area (Å²) in [5, 5.41) is 17.7. The number of aromatic hydroxyl groups is 1. The number of rotatable bonds is 4. The summed E-state index contributed by atoms with van der Waals surface area (Å²) in [7, 11) is 1.71. The van der Waals surface area contributed by atoms with Gasteiger partial charge < -0.3 is 9.84 Å². The molecule has 0 amide bonds. The van der Waals surface area contributed by atoms with Crippen molar-refractivity contribution in [3.8, 4) is 11.6 Å². The van der Waals surface area contributed by atoms with Crippen molar-refractivity contribution in [3.63, 3.8) is 0 Å². The van der Waals surface area contributed by atoms with Gasteiger partial charge in [-0.25, -0.2) is 4.98 Å². The van der Waals surface area contributed by atoms with Gasteiger partial charge >= 0.3 is 0 Å². The molecule has 144 valence electrons. The number of nitrogens with zero attached hydrogens (tertiary/aromatic N) is 4. The number of likely N-dealkylation sites (tertiary alicyclic amines) is 1. The Morgan fingerprint density at radius 2 is 1.93 bits per heavy atom. The Kier molecular flexibility index (Phi) is 4.21. The zero-order chi connectivity index (χ0) is 19.3. The van der Waals surface area contributed by atoms with E-state index in [1.165, 1.54) is 11.3 Å². The summed E-state index contributed by atoms with van der Waals surface area (Å²) in [6.07, 6.45) is 2.31. The maximum absolute atomic E-state index is 11.0. The van der Waals surface area contributed by atoms with Gasteiger partial charge in [-0.2, -0.15) is 4.52 Å². The quantitative estimate of drug-likeness (QED) is 0.563. The number of methoxy groups -OCH3 is 1. The second kappa shape index (κ2) is 6.76. The number of hydrogen-bond acceptors (Lipinski definition) is 6. The van der Waals surface area contributed by atoms with E-state index in [9.17, 15) is 5.11 Å². The van der Waals surface area contributed by atoms with E-state index >= 15 is 0 Å². The molecule has 1 N–H and O–H groups in total. The highest BCUT2D eigenvalue weighted by atomic mass is 32.1. The summed E-state index contributed by atoms with van der Waals surface area (Å²) in [5.41, 5.74) is 1.10. The maximum atomic E-state index is 11.0. The van der Waals surface area contributed by atoms with Crippen molar-refractivity contribution in [2.24, 2.45) is 0 Å². The molecule has 1 aliphatic rings. The molecule has 1 aliphatic heterocycles. The van der Waals surface area contributed by atoms with Crippen LogP contribution in [0.1, 0.15) is 35.1 Å². The van der Waals surface area contributed by atoms with E-state index in [1.807, 2.05) is 19.1 Å². The Balaban J connectivity index is 1.79. The van der Waals surface area contributed by atoms with Gasteiger partial charge in [-0.1, -0.05) is 41.7 Å². The van der Waals surface area contributed by atoms with Gasteiger partial charge in [0.05, 0.1) is 18.0 Å². The highest BCUT2D eigenvalue weighted by Gasteiger charge is 2.34. The maximum Gasteiger partial charge on any atom is 0.230 e. The third-order valence-electron chi connectivity index (χ3n) is 5.48. The smallest absolute Gasteiger partial charge is 0.230 e. The Hall–Kier alpha value is -2.64. The number of thiazole rings is 1. The van der Waals surface area contributed by atoms with Crippen LogP contribution in [0.15, 0.2) is 36.4 Å². The first-order valence-electron chi connectivity index (χ1n) is 9.52. The van der Waals surface area contributed by atoms with Crippen LogP contribution in [0.25, 0.3) is 15.7 Å². The van der Waals surface area contributed by atoms with E-state index in [4.69, 9.17) is 4.74 Å². The summed E-state index contributed by atoms with van der Waals surface area (Å²) in [4.78, 5) is 8.48. The van der Waals surface area contributed by atoms with Crippen LogP contribution in [0.4, 0.5) is 0 Å². The SMILES string of the molecule is COc1ccc2ccccc2c1C(c1sc2nc(C)nn2c1O)N1CCCC1. The van der Waals surface area contributed by atoms with Crippen molar-refractivity contribution >= 4 is 27.1 Å². The lowest BCUT2D eigenvalue weighted by atomic mass is 9.95. The molecule has 1 saturated heterocycles. The molecule has 0 bridgehead atoms. The molecule has 1 unspecified atom stereocenters. The summed E-state index contributed by atoms with van der Waals surface area (Å²) in [6, 6.07) is 12.4. The minimum absolute atomic E-state index is 0.0997. The zero-order valence-electron chi connectivity index (χ0n) is 15.9. The van der Waals surface area contributed by atoms with Crippen LogP contribution in [-0.2, 0) is 0 Å². The van der Waals surface area contributed by atoms with Crippen molar-refractivity contribution in [1.82, 2.24) is 19.5 Å². The van der Waals surface area contributed by atoms with E-state index < -0.39 is 0 Å². The molecular weight excluding hydrogens is 372 g/mol. The predicted molar refractivity (Wildman–Crippen MR) is 110 cm³/mol. The second-order valence-corrected chi connectivity index (χ2v) is 8.20. The van der Waals surface area contributed by atoms with Crippen molar-refractivity contribution in [1.29, 1.82) is 0 Å². The fourth-order valence-electron chi connectivity index (χ4n) is 4.24. The van der Waals surface area contributed by atoms with Gasteiger partial charge in [0, 0.05) is 5.56 Å². The Labute approximate surface area is 167 Å². The molecular formula is C21H22N4O2S. The molecule has 1 fully saturated rings. The molecule has 28 heavy (non-hydrogen) atoms. The van der Waals surface area contributed by atoms with Crippen molar-refractivity contribution in [3.05, 3.63) is 52.7 Å². The van der Waals surface area contributed by atoms with E-state index in [0.29, 0.717) is 10.8 Å². The first-order valence-corrected chi connectivity index (χ1v) is 10.3. The van der Waals surface area contributed by atoms with E-state index in [-0.39, 0.29) is 11.9 Å². The first kappa shape index (κ1) is 17.5. The van der Waals surface area contributed by atoms with Crippen LogP contribution >= 0.6 is 11.3 Å². The first-order chi connectivity index (χ1) is 13.7. The number of aromatic nitrogens is 3. The molecule has 2 aromatic heterocycles. The van der Waals surface area contributed by atoms with E-state index in [1.54, 1.807) is 11.6 Å². The molecule has 3 heterocycles. The zero-order valence-corrected chi connectivity index (χ0v) is 16.7. The number of benzene rings is 2. The number of aryl methyl sites for hydroxylation is 1. The van der Waals surface area contributed by atoms with E-state index in [0.717, 1.165) is 52.9 Å². The molecule has 7 heteroatoms. The van der Waals surface area contributed by atoms with Crippen molar-refractivity contribution in [2.45, 2.75) is 25.8 Å². The topological polar surface area (TPSA) is 62.9 Å². The van der Waals surface area contributed by atoms with Gasteiger partial charge in [0.25, 0.3) is 0 Å². The van der Waals surface area contributed by atoms with Crippen molar-refractivity contribution < 1.29 is 9.84 Å². The van der Waals surface area contributed by atoms with Crippen molar-refractivity contribution in [2.75, 3.05) is 20.2 Å². The Bertz CT molecular complexity index is 1160. The molecule has 0 radical (unpaired) electrons. The standard InChI is InChI=1S/C21H22N4O2S/c1-13-22-21-25(23-13)20(26)19(28-21)18(24-11-5-6-12-24)17-15-8-4-3-7-14(15)9-10-16(17)27-2/h3-4,7-10,18,26H,5-6,11-12H2,1-2H3. The van der Waals surface area contributed by atoms with Gasteiger partial charge in [-0.05, 0) is 49.7 Å². The van der Waals surface area contributed by atoms with Gasteiger partial charge in [0.15, 0.2) is 0 Å². The molecule has 5 rings (SSSR count). The number of ether oxygens (including phenoxy) is 1. The third kappa shape index (κ3) is 2.65. The lowest BCUT2D eigenvalue weighted by molar-refractivity contribution is 0.271. The largest absolute Gasteiger partial charge is 0.496 e. The van der Waals surface area contributed by atoms with Gasteiger partial charge in [-0.3, -0.25) is 4.90 Å². The van der Waals surface area contributed by atoms with Crippen LogP contribution in [-0.4, -0.2) is 44.8 Å². The lowest BCUT2D eigenvalue weighted by Gasteiger charge is -2.29. The average Bonchev–Trinajstić information content (AvgIpc) is 3.42. The second-order valence-electron chi connectivity index (χ2n) is 7.19. The average molecular weight is 395 g/mol. The van der Waals surface area contributed by atoms with Crippen LogP contribution < -0.4 is 4.74 Å². The Morgan fingerprint density at radius 3 is 2.68 bits per heavy atom. The molecule has 4 aromatic rings. The molecule has 6 nitrogen and oxygen atoms in total. The van der Waals surface area contributed by atoms with Crippen LogP contribution in [0.5, 0.6) is 11.6 Å². The molecule has 0 spiro atoms. The Morgan fingerprint density at radius 1 is 1.14 bits per heavy atom. The lowest BCUT2D eigenvalue weighted by Crippen LogP contribution is -2.26. The van der Waals surface area contributed by atoms with Crippen LogP contribution in [0.3, 0.4) is 0 Å². The molecule has 0 aliphatic carbocycles. The minimum atomic E-state index is -0.0997. The summed E-state index contributed by atoms with van der Waals surface area (Å²) in [6.45, 7) is 3.82. The van der Waals surface area contributed by atoms with Crippen LogP contribution in [0.2, 0.25) is 0 Å². The predicted octanol–water partition coefficient (Wildman–Crippen LogP) is 4.15. The number of fused-ring (bicyclic) bond motifs is 2. The summed E-state index contributed by atoms with van der Waals surface area (Å²) >= 11 is 1.50. The van der Waals surface area contributed by atoms with Gasteiger partial charge in [-0.15, -0.1) is 5.10 Å². The number of hydrogen-bond donors (Lipinski definition) is 1. The summed E-state index contributed by atoms with van der Waals surface area (Å²) < 4.78 is 7.34. The third-order valence-corrected chi connectivity index (χ3v) is 6.56. The minimum Gasteiger partial charge on any atom is -0.496 e.